The average Bonchev–Trinajstić information content (AvgIpc) is 1.87. The second-order valence-corrected chi connectivity index (χ2v) is 2.52. The van der Waals surface area contributed by atoms with Crippen molar-refractivity contribution in [3.05, 3.63) is 24.3 Å². The highest BCUT2D eigenvalue weighted by Crippen LogP contribution is 1.90. The largest absolute Gasteiger partial charge is 0.268 e. The van der Waals surface area contributed by atoms with Crippen molar-refractivity contribution >= 4 is 17.7 Å². The molecular formula is C7H10NOS. The molecule has 0 atom stereocenters. The molecule has 0 aromatic heterocycles. The van der Waals surface area contributed by atoms with Gasteiger partial charge in [0.05, 0.1) is 0 Å². The van der Waals surface area contributed by atoms with Crippen molar-refractivity contribution in [1.82, 2.24) is 5.73 Å². The molecule has 0 spiro atoms. The highest BCUT2D eigenvalue weighted by Gasteiger charge is 1.78. The van der Waals surface area contributed by atoms with Gasteiger partial charge in [0.25, 0.3) is 5.91 Å². The summed E-state index contributed by atoms with van der Waals surface area (Å²) in [5.74, 6) is 0.282. The number of allylic oxidation sites excluding steroid dienone is 2. The highest BCUT2D eigenvalue weighted by molar-refractivity contribution is 7.98. The average molecular weight is 156 g/mol. The lowest BCUT2D eigenvalue weighted by atomic mass is 10.4. The molecule has 0 aromatic rings. The van der Waals surface area contributed by atoms with Crippen LogP contribution in [-0.4, -0.2) is 17.9 Å². The van der Waals surface area contributed by atoms with Crippen molar-refractivity contribution in [2.75, 3.05) is 12.0 Å². The van der Waals surface area contributed by atoms with E-state index in [0.29, 0.717) is 0 Å². The Hall–Kier alpha value is -0.700. The van der Waals surface area contributed by atoms with Gasteiger partial charge in [0, 0.05) is 11.8 Å². The normalized spacial score (nSPS) is 11.3. The number of nitrogens with one attached hydrogen (secondary N) is 1. The maximum absolute atomic E-state index is 10.0. The number of carbonyl (C=O) groups is 1. The Morgan fingerprint density at radius 3 is 2.80 bits per heavy atom. The summed E-state index contributed by atoms with van der Waals surface area (Å²) in [6, 6.07) is 0. The molecular weight excluding hydrogens is 146 g/mol. The summed E-state index contributed by atoms with van der Waals surface area (Å²) < 4.78 is 0. The summed E-state index contributed by atoms with van der Waals surface area (Å²) in [6.45, 7) is 0. The van der Waals surface area contributed by atoms with Crippen molar-refractivity contribution in [3.63, 3.8) is 0 Å². The fourth-order valence-electron chi connectivity index (χ4n) is 0.373. The van der Waals surface area contributed by atoms with E-state index in [-0.39, 0.29) is 0 Å². The van der Waals surface area contributed by atoms with Gasteiger partial charge >= 0.3 is 0 Å². The first-order valence-electron chi connectivity index (χ1n) is 2.85. The van der Waals surface area contributed by atoms with Gasteiger partial charge in [-0.1, -0.05) is 18.2 Å². The van der Waals surface area contributed by atoms with Crippen LogP contribution in [0.25, 0.3) is 0 Å². The number of hydrogen-bond acceptors (Lipinski definition) is 2. The molecule has 0 aliphatic carbocycles. The molecule has 0 saturated carbocycles. The van der Waals surface area contributed by atoms with Crippen LogP contribution in [-0.2, 0) is 4.79 Å². The van der Waals surface area contributed by atoms with E-state index in [1.807, 2.05) is 12.3 Å². The molecule has 0 aromatic carbocycles. The fraction of sp³-hybridized carbons (Fsp3) is 0.286. The Morgan fingerprint density at radius 2 is 2.30 bits per heavy atom. The first kappa shape index (κ1) is 9.30. The summed E-state index contributed by atoms with van der Waals surface area (Å²) >= 11 is 1.71. The van der Waals surface area contributed by atoms with E-state index in [9.17, 15) is 4.79 Å². The predicted octanol–water partition coefficient (Wildman–Crippen LogP) is 1.27. The molecule has 0 unspecified atom stereocenters. The van der Waals surface area contributed by atoms with Crippen LogP contribution < -0.4 is 5.73 Å². The number of thioether (sulfide) groups is 1. The molecule has 55 valence electrons. The van der Waals surface area contributed by atoms with Crippen molar-refractivity contribution in [3.8, 4) is 0 Å². The first-order chi connectivity index (χ1) is 4.77. The Balaban J connectivity index is 3.42. The zero-order chi connectivity index (χ0) is 7.82. The Bertz CT molecular complexity index is 152. The van der Waals surface area contributed by atoms with Gasteiger partial charge in [0.15, 0.2) is 0 Å². The maximum atomic E-state index is 10.0. The summed E-state index contributed by atoms with van der Waals surface area (Å²) in [5.41, 5.74) is 6.49. The lowest BCUT2D eigenvalue weighted by molar-refractivity contribution is -0.114. The van der Waals surface area contributed by atoms with Crippen LogP contribution in [0.1, 0.15) is 0 Å². The third-order valence-corrected chi connectivity index (χ3v) is 1.28. The summed E-state index contributed by atoms with van der Waals surface area (Å²) in [5, 5.41) is 0. The number of carbonyl (C=O) groups excluding carboxylic acids is 1. The van der Waals surface area contributed by atoms with Gasteiger partial charge in [-0.15, -0.1) is 0 Å². The van der Waals surface area contributed by atoms with Crippen LogP contribution in [0.3, 0.4) is 0 Å². The quantitative estimate of drug-likeness (QED) is 0.454. The fourth-order valence-corrected chi connectivity index (χ4v) is 0.677. The van der Waals surface area contributed by atoms with E-state index < -0.39 is 5.91 Å². The van der Waals surface area contributed by atoms with E-state index in [4.69, 9.17) is 5.73 Å². The van der Waals surface area contributed by atoms with Crippen molar-refractivity contribution < 1.29 is 4.79 Å². The molecule has 1 radical (unpaired) electrons. The second-order valence-electron chi connectivity index (χ2n) is 1.61. The van der Waals surface area contributed by atoms with Crippen LogP contribution in [0, 0.1) is 0 Å². The van der Waals surface area contributed by atoms with E-state index in [0.717, 1.165) is 5.75 Å². The zero-order valence-corrected chi connectivity index (χ0v) is 6.65. The van der Waals surface area contributed by atoms with Gasteiger partial charge in [-0.2, -0.15) is 11.8 Å². The predicted molar refractivity (Wildman–Crippen MR) is 44.8 cm³/mol. The standard InChI is InChI=1S/C7H10NOS/c1-10-6-4-2-3-5-7(8)9/h2-5,8H,6H2,1H3/b4-2+,5-3+. The van der Waals surface area contributed by atoms with Crippen LogP contribution in [0.15, 0.2) is 24.3 Å². The molecule has 0 saturated heterocycles. The molecule has 1 amide bonds. The second kappa shape index (κ2) is 6.42. The van der Waals surface area contributed by atoms with Crippen molar-refractivity contribution in [2.45, 2.75) is 0 Å². The van der Waals surface area contributed by atoms with Gasteiger partial charge in [-0.05, 0) is 6.26 Å². The summed E-state index contributed by atoms with van der Waals surface area (Å²) in [7, 11) is 0. The molecule has 0 fully saturated rings. The lowest BCUT2D eigenvalue weighted by Crippen LogP contribution is -1.88. The van der Waals surface area contributed by atoms with Crippen LogP contribution in [0.4, 0.5) is 0 Å². The molecule has 0 rings (SSSR count). The monoisotopic (exact) mass is 156 g/mol. The Kier molecular flexibility index (Phi) is 5.97. The SMILES string of the molecule is CSC/C=C/C=C/C([NH])=O. The molecule has 0 bridgehead atoms. The summed E-state index contributed by atoms with van der Waals surface area (Å²) in [6.07, 6.45) is 8.50. The zero-order valence-electron chi connectivity index (χ0n) is 5.83. The molecule has 2 nitrogen and oxygen atoms in total. The van der Waals surface area contributed by atoms with Gasteiger partial charge in [-0.3, -0.25) is 10.5 Å². The number of rotatable bonds is 4. The molecule has 0 heterocycles. The van der Waals surface area contributed by atoms with Gasteiger partial charge < -0.3 is 0 Å². The lowest BCUT2D eigenvalue weighted by Gasteiger charge is -1.79. The number of hydrogen-bond donors (Lipinski definition) is 0. The third-order valence-electron chi connectivity index (χ3n) is 0.758. The van der Waals surface area contributed by atoms with E-state index in [2.05, 4.69) is 0 Å². The van der Waals surface area contributed by atoms with E-state index in [1.165, 1.54) is 6.08 Å². The molecule has 3 heteroatoms. The third kappa shape index (κ3) is 7.30. The maximum Gasteiger partial charge on any atom is 0.262 e. The van der Waals surface area contributed by atoms with Gasteiger partial charge in [-0.25, -0.2) is 0 Å². The molecule has 0 aliphatic heterocycles. The molecule has 0 aliphatic rings. The minimum absolute atomic E-state index is 0.659. The highest BCUT2D eigenvalue weighted by atomic mass is 32.2. The van der Waals surface area contributed by atoms with Crippen LogP contribution in [0.5, 0.6) is 0 Å². The number of amides is 1. The van der Waals surface area contributed by atoms with E-state index >= 15 is 0 Å². The smallest absolute Gasteiger partial charge is 0.262 e. The molecule has 1 N–H and O–H groups in total. The minimum Gasteiger partial charge on any atom is -0.268 e. The van der Waals surface area contributed by atoms with Gasteiger partial charge in [0.2, 0.25) is 0 Å². The molecule has 10 heavy (non-hydrogen) atoms. The minimum atomic E-state index is -0.659. The van der Waals surface area contributed by atoms with Crippen molar-refractivity contribution in [1.29, 1.82) is 0 Å². The summed E-state index contributed by atoms with van der Waals surface area (Å²) in [4.78, 5) is 10.0. The van der Waals surface area contributed by atoms with E-state index in [1.54, 1.807) is 23.9 Å². The Morgan fingerprint density at radius 1 is 1.60 bits per heavy atom. The van der Waals surface area contributed by atoms with Crippen LogP contribution >= 0.6 is 11.8 Å². The topological polar surface area (TPSA) is 40.9 Å². The Labute approximate surface area is 65.2 Å². The van der Waals surface area contributed by atoms with Gasteiger partial charge in [0.1, 0.15) is 0 Å². The van der Waals surface area contributed by atoms with Crippen molar-refractivity contribution in [2.24, 2.45) is 0 Å². The first-order valence-corrected chi connectivity index (χ1v) is 4.24. The van der Waals surface area contributed by atoms with Crippen LogP contribution in [0.2, 0.25) is 0 Å².